The third-order valence-corrected chi connectivity index (χ3v) is 3.17. The highest BCUT2D eigenvalue weighted by molar-refractivity contribution is 6.60. The molecule has 2 heterocycles. The predicted molar refractivity (Wildman–Crippen MR) is 57.8 cm³/mol. The minimum absolute atomic E-state index is 0.237. The second-order valence-electron chi connectivity index (χ2n) is 4.22. The van der Waals surface area contributed by atoms with E-state index in [0.29, 0.717) is 12.2 Å². The fraction of sp³-hybridized carbons (Fsp3) is 0.545. The van der Waals surface area contributed by atoms with Crippen LogP contribution in [0.5, 0.6) is 0 Å². The molecule has 0 spiro atoms. The van der Waals surface area contributed by atoms with Crippen LogP contribution in [0, 0.1) is 0 Å². The molecule has 1 aromatic rings. The molecule has 0 radical (unpaired) electrons. The maximum Gasteiger partial charge on any atom is 0.514 e. The number of fused-ring (bicyclic) bond motifs is 1. The summed E-state index contributed by atoms with van der Waals surface area (Å²) in [4.78, 5) is 4.27. The zero-order chi connectivity index (χ0) is 10.1. The minimum atomic E-state index is -0.237. The van der Waals surface area contributed by atoms with E-state index in [1.165, 1.54) is 12.8 Å². The van der Waals surface area contributed by atoms with Crippen LogP contribution in [0.25, 0.3) is 0 Å². The third kappa shape index (κ3) is 1.79. The van der Waals surface area contributed by atoms with Crippen molar-refractivity contribution in [2.24, 2.45) is 0 Å². The number of pyridine rings is 1. The van der Waals surface area contributed by atoms with Crippen LogP contribution in [0.3, 0.4) is 0 Å². The largest absolute Gasteiger partial charge is 0.514 e. The summed E-state index contributed by atoms with van der Waals surface area (Å²) >= 11 is 0. The summed E-state index contributed by atoms with van der Waals surface area (Å²) < 4.78 is 11.7. The fourth-order valence-electron chi connectivity index (χ4n) is 2.38. The molecule has 2 atom stereocenters. The van der Waals surface area contributed by atoms with E-state index >= 15 is 0 Å². The average Bonchev–Trinajstić information content (AvgIpc) is 2.74. The Morgan fingerprint density at radius 3 is 2.47 bits per heavy atom. The van der Waals surface area contributed by atoms with Gasteiger partial charge in [-0.25, -0.2) is 0 Å². The van der Waals surface area contributed by atoms with Crippen LogP contribution in [0.15, 0.2) is 24.4 Å². The summed E-state index contributed by atoms with van der Waals surface area (Å²) in [5.74, 6) is 0. The van der Waals surface area contributed by atoms with Gasteiger partial charge in [-0.05, 0) is 25.0 Å². The Kier molecular flexibility index (Phi) is 2.47. The lowest BCUT2D eigenvalue weighted by Gasteiger charge is -2.22. The first-order valence-electron chi connectivity index (χ1n) is 5.65. The maximum absolute atomic E-state index is 5.87. The van der Waals surface area contributed by atoms with Gasteiger partial charge in [0.2, 0.25) is 0 Å². The van der Waals surface area contributed by atoms with Crippen LogP contribution in [0.1, 0.15) is 25.7 Å². The highest BCUT2D eigenvalue weighted by Gasteiger charge is 2.42. The van der Waals surface area contributed by atoms with E-state index in [4.69, 9.17) is 9.31 Å². The van der Waals surface area contributed by atoms with Gasteiger partial charge in [0.05, 0.1) is 17.8 Å². The molecule has 0 amide bonds. The molecule has 2 fully saturated rings. The van der Waals surface area contributed by atoms with E-state index in [1.54, 1.807) is 6.20 Å². The third-order valence-electron chi connectivity index (χ3n) is 3.17. The molecule has 1 unspecified atom stereocenters. The van der Waals surface area contributed by atoms with E-state index in [-0.39, 0.29) is 7.12 Å². The van der Waals surface area contributed by atoms with Crippen molar-refractivity contribution >= 4 is 12.7 Å². The molecule has 0 bridgehead atoms. The summed E-state index contributed by atoms with van der Waals surface area (Å²) in [7, 11) is -0.237. The van der Waals surface area contributed by atoms with Gasteiger partial charge in [0.15, 0.2) is 0 Å². The molecule has 1 saturated heterocycles. The quantitative estimate of drug-likeness (QED) is 0.641. The Hall–Kier alpha value is -0.865. The molecule has 1 aliphatic carbocycles. The molecule has 4 heteroatoms. The van der Waals surface area contributed by atoms with Crippen molar-refractivity contribution in [3.05, 3.63) is 24.4 Å². The molecule has 1 aromatic heterocycles. The van der Waals surface area contributed by atoms with Crippen LogP contribution in [0.4, 0.5) is 0 Å². The van der Waals surface area contributed by atoms with Gasteiger partial charge in [-0.2, -0.15) is 0 Å². The van der Waals surface area contributed by atoms with Crippen molar-refractivity contribution in [3.63, 3.8) is 0 Å². The van der Waals surface area contributed by atoms with Crippen molar-refractivity contribution in [2.45, 2.75) is 37.9 Å². The highest BCUT2D eigenvalue weighted by Crippen LogP contribution is 2.29. The van der Waals surface area contributed by atoms with Crippen LogP contribution >= 0.6 is 0 Å². The number of aromatic nitrogens is 1. The van der Waals surface area contributed by atoms with Crippen LogP contribution in [0.2, 0.25) is 0 Å². The van der Waals surface area contributed by atoms with Crippen LogP contribution in [-0.4, -0.2) is 24.3 Å². The monoisotopic (exact) mass is 203 g/mol. The second-order valence-corrected chi connectivity index (χ2v) is 4.22. The molecule has 0 aromatic carbocycles. The number of rotatable bonds is 1. The summed E-state index contributed by atoms with van der Waals surface area (Å²) in [6, 6.07) is 5.84. The van der Waals surface area contributed by atoms with Gasteiger partial charge in [-0.1, -0.05) is 18.9 Å². The topological polar surface area (TPSA) is 31.4 Å². The number of nitrogens with zero attached hydrogens (tertiary/aromatic N) is 1. The Bertz CT molecular complexity index is 319. The highest BCUT2D eigenvalue weighted by atomic mass is 16.7. The van der Waals surface area contributed by atoms with E-state index in [1.807, 2.05) is 18.2 Å². The Morgan fingerprint density at radius 2 is 1.87 bits per heavy atom. The van der Waals surface area contributed by atoms with E-state index < -0.39 is 0 Å². The summed E-state index contributed by atoms with van der Waals surface area (Å²) in [6.45, 7) is 0. The first kappa shape index (κ1) is 9.37. The van der Waals surface area contributed by atoms with Crippen LogP contribution in [-0.2, 0) is 9.31 Å². The fourth-order valence-corrected chi connectivity index (χ4v) is 2.38. The van der Waals surface area contributed by atoms with Gasteiger partial charge in [0.1, 0.15) is 0 Å². The normalized spacial score (nSPS) is 30.3. The Labute approximate surface area is 89.9 Å². The predicted octanol–water partition coefficient (Wildman–Crippen LogP) is 1.13. The standard InChI is InChI=1S/C11H14BNO2/c1-2-6-10-9(5-1)14-12(15-10)11-7-3-4-8-13-11/h3-4,7-10H,1-2,5-6H2/t9-,10?/m1/s1. The zero-order valence-corrected chi connectivity index (χ0v) is 8.63. The van der Waals surface area contributed by atoms with Gasteiger partial charge in [0.25, 0.3) is 0 Å². The molecular formula is C11H14BNO2. The second kappa shape index (κ2) is 3.95. The maximum atomic E-state index is 5.87. The van der Waals surface area contributed by atoms with Crippen LogP contribution < -0.4 is 5.59 Å². The van der Waals surface area contributed by atoms with E-state index in [9.17, 15) is 0 Å². The Balaban J connectivity index is 1.75. The molecule has 78 valence electrons. The van der Waals surface area contributed by atoms with Crippen molar-refractivity contribution in [1.82, 2.24) is 4.98 Å². The average molecular weight is 203 g/mol. The molecule has 0 N–H and O–H groups in total. The zero-order valence-electron chi connectivity index (χ0n) is 8.63. The lowest BCUT2D eigenvalue weighted by atomic mass is 9.84. The van der Waals surface area contributed by atoms with Gasteiger partial charge >= 0.3 is 7.12 Å². The summed E-state index contributed by atoms with van der Waals surface area (Å²) in [5, 5.41) is 0. The van der Waals surface area contributed by atoms with Gasteiger partial charge in [-0.3, -0.25) is 4.98 Å². The SMILES string of the molecule is c1ccc(B2OC3CCCC[C@H]3O2)nc1. The molecule has 15 heavy (non-hydrogen) atoms. The molecule has 3 nitrogen and oxygen atoms in total. The molecular weight excluding hydrogens is 189 g/mol. The van der Waals surface area contributed by atoms with E-state index in [0.717, 1.165) is 18.4 Å². The lowest BCUT2D eigenvalue weighted by molar-refractivity contribution is 0.110. The van der Waals surface area contributed by atoms with Crippen molar-refractivity contribution < 1.29 is 9.31 Å². The smallest absolute Gasteiger partial charge is 0.401 e. The molecule has 3 rings (SSSR count). The van der Waals surface area contributed by atoms with Crippen molar-refractivity contribution in [1.29, 1.82) is 0 Å². The van der Waals surface area contributed by atoms with Crippen molar-refractivity contribution in [2.75, 3.05) is 0 Å². The summed E-state index contributed by atoms with van der Waals surface area (Å²) in [6.07, 6.45) is 7.17. The minimum Gasteiger partial charge on any atom is -0.401 e. The molecule has 2 aliphatic rings. The van der Waals surface area contributed by atoms with Gasteiger partial charge in [-0.15, -0.1) is 0 Å². The van der Waals surface area contributed by atoms with Gasteiger partial charge in [0, 0.05) is 6.20 Å². The first-order chi connectivity index (χ1) is 7.43. The Morgan fingerprint density at radius 1 is 1.13 bits per heavy atom. The molecule has 1 aliphatic heterocycles. The van der Waals surface area contributed by atoms with Gasteiger partial charge < -0.3 is 9.31 Å². The first-order valence-corrected chi connectivity index (χ1v) is 5.65. The summed E-state index contributed by atoms with van der Waals surface area (Å²) in [5.41, 5.74) is 0.895. The lowest BCUT2D eigenvalue weighted by Crippen LogP contribution is -2.34. The number of hydrogen-bond acceptors (Lipinski definition) is 3. The van der Waals surface area contributed by atoms with E-state index in [2.05, 4.69) is 4.98 Å². The number of hydrogen-bond donors (Lipinski definition) is 0. The molecule has 1 saturated carbocycles. The van der Waals surface area contributed by atoms with Crippen molar-refractivity contribution in [3.8, 4) is 0 Å².